The molecule has 0 aliphatic rings. The molecule has 30 heavy (non-hydrogen) atoms. The first-order valence-corrected chi connectivity index (χ1v) is 10.3. The Bertz CT molecular complexity index is 994. The molecule has 6 heteroatoms. The number of amides is 1. The zero-order valence-electron chi connectivity index (χ0n) is 16.2. The topological polar surface area (TPSA) is 79.2 Å². The number of carbonyl (C=O) groups excluding carboxylic acids is 2. The summed E-state index contributed by atoms with van der Waals surface area (Å²) in [6, 6.07) is 27.9. The fourth-order valence-corrected chi connectivity index (χ4v) is 3.64. The van der Waals surface area contributed by atoms with Crippen LogP contribution in [-0.2, 0) is 14.3 Å². The Labute approximate surface area is 179 Å². The number of anilines is 1. The van der Waals surface area contributed by atoms with Crippen LogP contribution >= 0.6 is 11.8 Å². The Morgan fingerprint density at radius 1 is 0.900 bits per heavy atom. The second kappa shape index (κ2) is 10.8. The molecule has 0 aliphatic carbocycles. The van der Waals surface area contributed by atoms with Crippen LogP contribution in [0.3, 0.4) is 0 Å². The molecule has 0 fully saturated rings. The number of hydrogen-bond acceptors (Lipinski definition) is 5. The van der Waals surface area contributed by atoms with Crippen molar-refractivity contribution in [3.8, 4) is 6.07 Å². The Morgan fingerprint density at radius 2 is 1.47 bits per heavy atom. The first kappa shape index (κ1) is 21.2. The van der Waals surface area contributed by atoms with Gasteiger partial charge in [-0.25, -0.2) is 0 Å². The molecule has 150 valence electrons. The first-order chi connectivity index (χ1) is 14.7. The highest BCUT2D eigenvalue weighted by Crippen LogP contribution is 2.27. The minimum atomic E-state index is -0.612. The summed E-state index contributed by atoms with van der Waals surface area (Å²) < 4.78 is 5.36. The van der Waals surface area contributed by atoms with E-state index in [4.69, 9.17) is 10.00 Å². The van der Waals surface area contributed by atoms with Crippen LogP contribution < -0.4 is 5.32 Å². The lowest BCUT2D eigenvalue weighted by Crippen LogP contribution is -2.24. The van der Waals surface area contributed by atoms with Crippen LogP contribution in [0.2, 0.25) is 0 Å². The van der Waals surface area contributed by atoms with Crippen molar-refractivity contribution >= 4 is 29.3 Å². The largest absolute Gasteiger partial charge is 0.455 e. The molecule has 1 amide bonds. The van der Waals surface area contributed by atoms with E-state index in [1.54, 1.807) is 12.1 Å². The smallest absolute Gasteiger partial charge is 0.318 e. The second-order valence-electron chi connectivity index (χ2n) is 6.35. The van der Waals surface area contributed by atoms with E-state index in [0.717, 1.165) is 16.0 Å². The van der Waals surface area contributed by atoms with Gasteiger partial charge in [0.25, 0.3) is 5.91 Å². The van der Waals surface area contributed by atoms with Gasteiger partial charge in [0.1, 0.15) is 5.92 Å². The molecule has 3 rings (SSSR count). The Morgan fingerprint density at radius 3 is 2.07 bits per heavy atom. The number of esters is 1. The number of hydrogen-bond donors (Lipinski definition) is 1. The average molecular weight is 417 g/mol. The van der Waals surface area contributed by atoms with Crippen molar-refractivity contribution < 1.29 is 14.3 Å². The maximum atomic E-state index is 12.9. The molecule has 0 radical (unpaired) electrons. The summed E-state index contributed by atoms with van der Waals surface area (Å²) in [6.45, 7) is -0.397. The number of rotatable bonds is 8. The normalized spacial score (nSPS) is 10.3. The van der Waals surface area contributed by atoms with E-state index >= 15 is 0 Å². The number of para-hydroxylation sites is 1. The first-order valence-electron chi connectivity index (χ1n) is 9.34. The predicted molar refractivity (Wildman–Crippen MR) is 117 cm³/mol. The Kier molecular flexibility index (Phi) is 7.64. The van der Waals surface area contributed by atoms with Gasteiger partial charge in [-0.05, 0) is 23.3 Å². The van der Waals surface area contributed by atoms with E-state index < -0.39 is 24.4 Å². The van der Waals surface area contributed by atoms with Crippen LogP contribution in [0.4, 0.5) is 5.69 Å². The number of carbonyl (C=O) groups is 2. The molecule has 3 aromatic rings. The second-order valence-corrected chi connectivity index (χ2v) is 7.37. The number of nitriles is 1. The van der Waals surface area contributed by atoms with E-state index in [2.05, 4.69) is 11.4 Å². The summed E-state index contributed by atoms with van der Waals surface area (Å²) in [5, 5.41) is 11.5. The Hall–Kier alpha value is -3.56. The number of benzene rings is 3. The molecule has 0 heterocycles. The zero-order valence-corrected chi connectivity index (χ0v) is 17.0. The van der Waals surface area contributed by atoms with Gasteiger partial charge < -0.3 is 10.1 Å². The fourth-order valence-electron chi connectivity index (χ4n) is 2.97. The van der Waals surface area contributed by atoms with Gasteiger partial charge in [-0.2, -0.15) is 5.26 Å². The van der Waals surface area contributed by atoms with Gasteiger partial charge in [-0.1, -0.05) is 72.8 Å². The highest BCUT2D eigenvalue weighted by molar-refractivity contribution is 7.99. The molecule has 1 N–H and O–H groups in total. The summed E-state index contributed by atoms with van der Waals surface area (Å²) in [6.07, 6.45) is 0. The van der Waals surface area contributed by atoms with Crippen LogP contribution in [0.5, 0.6) is 0 Å². The van der Waals surface area contributed by atoms with E-state index in [-0.39, 0.29) is 5.75 Å². The fraction of sp³-hybridized carbons (Fsp3) is 0.125. The van der Waals surface area contributed by atoms with Gasteiger partial charge in [0.2, 0.25) is 0 Å². The van der Waals surface area contributed by atoms with Crippen LogP contribution in [0.1, 0.15) is 17.0 Å². The molecule has 3 aromatic carbocycles. The van der Waals surface area contributed by atoms with Crippen molar-refractivity contribution in [2.45, 2.75) is 10.8 Å². The summed E-state index contributed by atoms with van der Waals surface area (Å²) >= 11 is 1.33. The van der Waals surface area contributed by atoms with Gasteiger partial charge in [-0.3, -0.25) is 9.59 Å². The third-order valence-electron chi connectivity index (χ3n) is 4.30. The van der Waals surface area contributed by atoms with Crippen molar-refractivity contribution in [1.29, 1.82) is 5.26 Å². The number of nitrogens with zero attached hydrogens (tertiary/aromatic N) is 1. The number of thioether (sulfide) groups is 1. The van der Waals surface area contributed by atoms with Gasteiger partial charge in [0, 0.05) is 4.90 Å². The standard InChI is InChI=1S/C24H20N2O3S/c25-15-16-30-21-14-8-7-13-20(21)26-22(27)17-29-24(28)23(18-9-3-1-4-10-18)19-11-5-2-6-12-19/h1-14,23H,16-17H2,(H,26,27). The molecule has 0 atom stereocenters. The van der Waals surface area contributed by atoms with Gasteiger partial charge >= 0.3 is 5.97 Å². The molecular weight excluding hydrogens is 396 g/mol. The van der Waals surface area contributed by atoms with Gasteiger partial charge in [-0.15, -0.1) is 11.8 Å². The van der Waals surface area contributed by atoms with Crippen molar-refractivity contribution in [3.05, 3.63) is 96.1 Å². The Balaban J connectivity index is 1.67. The quantitative estimate of drug-likeness (QED) is 0.428. The van der Waals surface area contributed by atoms with Crippen LogP contribution in [-0.4, -0.2) is 24.2 Å². The molecule has 0 aliphatic heterocycles. The van der Waals surface area contributed by atoms with E-state index in [1.807, 2.05) is 72.8 Å². The summed E-state index contributed by atoms with van der Waals surface area (Å²) in [5.41, 5.74) is 2.18. The van der Waals surface area contributed by atoms with E-state index in [0.29, 0.717) is 5.69 Å². The molecular formula is C24H20N2O3S. The average Bonchev–Trinajstić information content (AvgIpc) is 2.79. The molecule has 5 nitrogen and oxygen atoms in total. The summed E-state index contributed by atoms with van der Waals surface area (Å²) in [7, 11) is 0. The lowest BCUT2D eigenvalue weighted by molar-refractivity contribution is -0.147. The van der Waals surface area contributed by atoms with Crippen molar-refractivity contribution in [1.82, 2.24) is 0 Å². The molecule has 0 unspecified atom stereocenters. The molecule has 0 aromatic heterocycles. The molecule has 0 bridgehead atoms. The van der Waals surface area contributed by atoms with E-state index in [9.17, 15) is 9.59 Å². The van der Waals surface area contributed by atoms with E-state index in [1.165, 1.54) is 11.8 Å². The van der Waals surface area contributed by atoms with Gasteiger partial charge in [0.15, 0.2) is 6.61 Å². The van der Waals surface area contributed by atoms with Crippen molar-refractivity contribution in [2.75, 3.05) is 17.7 Å². The SMILES string of the molecule is N#CCSc1ccccc1NC(=O)COC(=O)C(c1ccccc1)c1ccccc1. The maximum Gasteiger partial charge on any atom is 0.318 e. The van der Waals surface area contributed by atoms with Crippen molar-refractivity contribution in [2.24, 2.45) is 0 Å². The van der Waals surface area contributed by atoms with Crippen LogP contribution in [0, 0.1) is 11.3 Å². The number of ether oxygens (including phenoxy) is 1. The molecule has 0 saturated carbocycles. The molecule has 0 saturated heterocycles. The lowest BCUT2D eigenvalue weighted by Gasteiger charge is -2.17. The third-order valence-corrected chi connectivity index (χ3v) is 5.24. The van der Waals surface area contributed by atoms with Crippen molar-refractivity contribution in [3.63, 3.8) is 0 Å². The maximum absolute atomic E-state index is 12.9. The molecule has 0 spiro atoms. The van der Waals surface area contributed by atoms with Crippen LogP contribution in [0.25, 0.3) is 0 Å². The zero-order chi connectivity index (χ0) is 21.2. The highest BCUT2D eigenvalue weighted by Gasteiger charge is 2.24. The predicted octanol–water partition coefficient (Wildman–Crippen LogP) is 4.62. The summed E-state index contributed by atoms with van der Waals surface area (Å²) in [4.78, 5) is 26.0. The van der Waals surface area contributed by atoms with Crippen LogP contribution in [0.15, 0.2) is 89.8 Å². The van der Waals surface area contributed by atoms with Gasteiger partial charge in [0.05, 0.1) is 17.5 Å². The summed E-state index contributed by atoms with van der Waals surface area (Å²) in [5.74, 6) is -1.26. The minimum Gasteiger partial charge on any atom is -0.455 e. The number of nitrogens with one attached hydrogen (secondary N) is 1. The highest BCUT2D eigenvalue weighted by atomic mass is 32.2. The lowest BCUT2D eigenvalue weighted by atomic mass is 9.91. The minimum absolute atomic E-state index is 0.275. The third kappa shape index (κ3) is 5.72. The monoisotopic (exact) mass is 416 g/mol.